The first-order valence-corrected chi connectivity index (χ1v) is 6.20. The second kappa shape index (κ2) is 6.21. The van der Waals surface area contributed by atoms with Crippen LogP contribution in [0, 0.1) is 0 Å². The van der Waals surface area contributed by atoms with E-state index in [-0.39, 0.29) is 18.0 Å². The van der Waals surface area contributed by atoms with E-state index in [1.54, 1.807) is 24.4 Å². The monoisotopic (exact) mass is 276 g/mol. The van der Waals surface area contributed by atoms with Gasteiger partial charge in [-0.25, -0.2) is 4.98 Å². The topological polar surface area (TPSA) is 73.6 Å². The number of aromatic nitrogens is 2. The lowest BCUT2D eigenvalue weighted by Crippen LogP contribution is -2.20. The Morgan fingerprint density at radius 3 is 2.80 bits per heavy atom. The van der Waals surface area contributed by atoms with Crippen LogP contribution in [0.25, 0.3) is 0 Å². The zero-order valence-electron chi connectivity index (χ0n) is 11.4. The zero-order valence-corrected chi connectivity index (χ0v) is 11.4. The molecule has 2 rings (SSSR count). The maximum atomic E-state index is 12.0. The zero-order chi connectivity index (χ0) is 14.5. The van der Waals surface area contributed by atoms with Crippen LogP contribution in [-0.4, -0.2) is 21.8 Å². The van der Waals surface area contributed by atoms with Crippen molar-refractivity contribution in [2.24, 2.45) is 0 Å². The number of benzene rings is 1. The number of methoxy groups -OCH3 is 1. The second-order valence-electron chi connectivity index (χ2n) is 4.07. The molecule has 0 aliphatic rings. The van der Waals surface area contributed by atoms with Gasteiger partial charge in [-0.15, -0.1) is 0 Å². The molecule has 20 heavy (non-hydrogen) atoms. The summed E-state index contributed by atoms with van der Waals surface area (Å²) in [5.41, 5.74) is 0.393. The lowest BCUT2D eigenvalue weighted by Gasteiger charge is -2.11. The fourth-order valence-electron chi connectivity index (χ4n) is 1.75. The van der Waals surface area contributed by atoms with Gasteiger partial charge in [0.05, 0.1) is 13.7 Å². The first kappa shape index (κ1) is 14.1. The van der Waals surface area contributed by atoms with E-state index in [2.05, 4.69) is 4.98 Å². The Balaban J connectivity index is 2.37. The number of rotatable bonds is 5. The summed E-state index contributed by atoms with van der Waals surface area (Å²) in [4.78, 5) is 16.0. The van der Waals surface area contributed by atoms with Crippen LogP contribution in [0.5, 0.6) is 17.4 Å². The highest BCUT2D eigenvalue weighted by Gasteiger charge is 2.11. The van der Waals surface area contributed by atoms with Gasteiger partial charge in [-0.3, -0.25) is 4.79 Å². The first-order chi connectivity index (χ1) is 9.69. The minimum atomic E-state index is -0.303. The van der Waals surface area contributed by atoms with E-state index in [1.807, 2.05) is 6.92 Å². The van der Waals surface area contributed by atoms with E-state index in [0.717, 1.165) is 0 Å². The Morgan fingerprint density at radius 1 is 1.35 bits per heavy atom. The van der Waals surface area contributed by atoms with Crippen LogP contribution in [0.2, 0.25) is 0 Å². The third-order valence-corrected chi connectivity index (χ3v) is 2.84. The van der Waals surface area contributed by atoms with Gasteiger partial charge in [0.25, 0.3) is 5.88 Å². The summed E-state index contributed by atoms with van der Waals surface area (Å²) in [7, 11) is 1.49. The van der Waals surface area contributed by atoms with Crippen LogP contribution in [-0.2, 0) is 13.2 Å². The number of aliphatic hydroxyl groups excluding tert-OH is 1. The summed E-state index contributed by atoms with van der Waals surface area (Å²) in [5, 5.41) is 9.09. The number of aliphatic hydroxyl groups is 1. The fourth-order valence-corrected chi connectivity index (χ4v) is 1.75. The molecule has 1 aromatic carbocycles. The van der Waals surface area contributed by atoms with Crippen LogP contribution < -0.4 is 15.0 Å². The second-order valence-corrected chi connectivity index (χ2v) is 4.07. The fraction of sp³-hybridized carbons (Fsp3) is 0.286. The van der Waals surface area contributed by atoms with Crippen molar-refractivity contribution in [2.75, 3.05) is 7.11 Å². The number of hydrogen-bond donors (Lipinski definition) is 1. The summed E-state index contributed by atoms with van der Waals surface area (Å²) >= 11 is 0. The Hall–Kier alpha value is -2.34. The lowest BCUT2D eigenvalue weighted by molar-refractivity contribution is 0.280. The van der Waals surface area contributed by atoms with Gasteiger partial charge in [-0.1, -0.05) is 6.07 Å². The van der Waals surface area contributed by atoms with Crippen molar-refractivity contribution < 1.29 is 14.6 Å². The van der Waals surface area contributed by atoms with Gasteiger partial charge in [0, 0.05) is 18.9 Å². The lowest BCUT2D eigenvalue weighted by atomic mass is 10.2. The highest BCUT2D eigenvalue weighted by atomic mass is 16.5. The predicted octanol–water partition coefficient (Wildman–Crippen LogP) is 1.56. The molecule has 1 N–H and O–H groups in total. The Bertz CT molecular complexity index is 652. The van der Waals surface area contributed by atoms with Crippen LogP contribution in [0.15, 0.2) is 35.4 Å². The third-order valence-electron chi connectivity index (χ3n) is 2.84. The van der Waals surface area contributed by atoms with E-state index in [1.165, 1.54) is 17.9 Å². The van der Waals surface area contributed by atoms with Crippen molar-refractivity contribution in [2.45, 2.75) is 20.1 Å². The largest absolute Gasteiger partial charge is 0.493 e. The van der Waals surface area contributed by atoms with Gasteiger partial charge in [0.2, 0.25) is 0 Å². The van der Waals surface area contributed by atoms with Crippen molar-refractivity contribution in [3.05, 3.63) is 46.5 Å². The summed E-state index contributed by atoms with van der Waals surface area (Å²) < 4.78 is 12.2. The molecule has 0 radical (unpaired) electrons. The average molecular weight is 276 g/mol. The molecule has 0 amide bonds. The summed E-state index contributed by atoms with van der Waals surface area (Å²) in [6.45, 7) is 2.31. The Morgan fingerprint density at radius 2 is 2.15 bits per heavy atom. The van der Waals surface area contributed by atoms with Crippen molar-refractivity contribution in [3.63, 3.8) is 0 Å². The summed E-state index contributed by atoms with van der Waals surface area (Å²) in [6, 6.07) is 4.98. The van der Waals surface area contributed by atoms with Gasteiger partial charge >= 0.3 is 5.56 Å². The van der Waals surface area contributed by atoms with Crippen molar-refractivity contribution in [1.82, 2.24) is 9.55 Å². The van der Waals surface area contributed by atoms with E-state index < -0.39 is 0 Å². The molecule has 0 aliphatic carbocycles. The van der Waals surface area contributed by atoms with Gasteiger partial charge in [0.15, 0.2) is 11.5 Å². The Labute approximate surface area is 116 Å². The molecule has 0 saturated heterocycles. The van der Waals surface area contributed by atoms with Crippen molar-refractivity contribution >= 4 is 0 Å². The summed E-state index contributed by atoms with van der Waals surface area (Å²) in [6.07, 6.45) is 3.11. The molecule has 6 nitrogen and oxygen atoms in total. The first-order valence-electron chi connectivity index (χ1n) is 6.20. The van der Waals surface area contributed by atoms with Crippen molar-refractivity contribution in [3.8, 4) is 17.4 Å². The highest BCUT2D eigenvalue weighted by molar-refractivity contribution is 5.44. The number of ether oxygens (including phenoxy) is 2. The molecule has 6 heteroatoms. The molecule has 106 valence electrons. The normalized spacial score (nSPS) is 10.3. The van der Waals surface area contributed by atoms with Crippen LogP contribution in [0.4, 0.5) is 0 Å². The van der Waals surface area contributed by atoms with Crippen LogP contribution in [0.3, 0.4) is 0 Å². The molecule has 0 atom stereocenters. The molecule has 0 spiro atoms. The minimum absolute atomic E-state index is 0.00982. The quantitative estimate of drug-likeness (QED) is 0.897. The molecule has 1 heterocycles. The molecule has 0 saturated carbocycles. The van der Waals surface area contributed by atoms with E-state index >= 15 is 0 Å². The van der Waals surface area contributed by atoms with E-state index in [4.69, 9.17) is 14.6 Å². The smallest absolute Gasteiger partial charge is 0.313 e. The number of aryl methyl sites for hydroxylation is 1. The maximum absolute atomic E-state index is 12.0. The average Bonchev–Trinajstić information content (AvgIpc) is 2.49. The van der Waals surface area contributed by atoms with Crippen LogP contribution >= 0.6 is 0 Å². The Kier molecular flexibility index (Phi) is 4.37. The summed E-state index contributed by atoms with van der Waals surface area (Å²) in [5.74, 6) is 0.803. The molecule has 0 unspecified atom stereocenters. The standard InChI is InChI=1S/C14H16N2O4/c1-3-16-7-6-15-13(14(16)18)20-11-5-4-10(9-17)8-12(11)19-2/h4-8,17H,3,9H2,1-2H3. The molecule has 0 aliphatic heterocycles. The van der Waals surface area contributed by atoms with Crippen LogP contribution in [0.1, 0.15) is 12.5 Å². The maximum Gasteiger partial charge on any atom is 0.313 e. The van der Waals surface area contributed by atoms with Crippen molar-refractivity contribution in [1.29, 1.82) is 0 Å². The molecule has 1 aromatic heterocycles. The highest BCUT2D eigenvalue weighted by Crippen LogP contribution is 2.30. The van der Waals surface area contributed by atoms with Gasteiger partial charge in [-0.2, -0.15) is 0 Å². The van der Waals surface area contributed by atoms with Gasteiger partial charge in [0.1, 0.15) is 0 Å². The molecule has 0 bridgehead atoms. The third kappa shape index (κ3) is 2.80. The number of nitrogens with zero attached hydrogens (tertiary/aromatic N) is 2. The van der Waals surface area contributed by atoms with Gasteiger partial charge in [-0.05, 0) is 24.6 Å². The number of hydrogen-bond acceptors (Lipinski definition) is 5. The van der Waals surface area contributed by atoms with E-state index in [0.29, 0.717) is 23.6 Å². The minimum Gasteiger partial charge on any atom is -0.493 e. The molecule has 0 fully saturated rings. The molecular formula is C14H16N2O4. The SMILES string of the molecule is CCn1ccnc(Oc2ccc(CO)cc2OC)c1=O. The van der Waals surface area contributed by atoms with Gasteiger partial charge < -0.3 is 19.1 Å². The molecule has 2 aromatic rings. The molecular weight excluding hydrogens is 260 g/mol. The van der Waals surface area contributed by atoms with E-state index in [9.17, 15) is 4.79 Å². The predicted molar refractivity (Wildman–Crippen MR) is 73.2 cm³/mol.